The molecule has 2 amide bonds. The number of halogens is 3. The molecule has 0 unspecified atom stereocenters. The van der Waals surface area contributed by atoms with Crippen molar-refractivity contribution in [3.63, 3.8) is 0 Å². The molecule has 0 N–H and O–H groups in total. The molecule has 0 saturated carbocycles. The minimum atomic E-state index is -5.42. The van der Waals surface area contributed by atoms with Gasteiger partial charge >= 0.3 is 76.6 Å². The predicted molar refractivity (Wildman–Crippen MR) is 125 cm³/mol. The van der Waals surface area contributed by atoms with Crippen molar-refractivity contribution in [3.05, 3.63) is 18.2 Å². The van der Waals surface area contributed by atoms with Crippen LogP contribution in [0.1, 0.15) is 62.3 Å². The van der Waals surface area contributed by atoms with Crippen LogP contribution in [0.4, 0.5) is 33.1 Å². The van der Waals surface area contributed by atoms with Gasteiger partial charge in [-0.05, 0) is 62.3 Å². The number of carbonyl (C=O) groups is 3. The zero-order valence-corrected chi connectivity index (χ0v) is 25.4. The Bertz CT molecular complexity index is 1120. The molecule has 2 aromatic rings. The molecule has 1 heterocycles. The van der Waals surface area contributed by atoms with Crippen molar-refractivity contribution in [2.45, 2.75) is 79.1 Å². The van der Waals surface area contributed by atoms with E-state index < -0.39 is 53.3 Å². The van der Waals surface area contributed by atoms with Crippen molar-refractivity contribution in [2.24, 2.45) is 0 Å². The number of imide groups is 1. The fourth-order valence-electron chi connectivity index (χ4n) is 2.79. The van der Waals surface area contributed by atoms with Crippen LogP contribution in [-0.4, -0.2) is 51.8 Å². The minimum absolute atomic E-state index is 0. The molecule has 36 heavy (non-hydrogen) atoms. The molecule has 0 bridgehead atoms. The number of hydrogen-bond donors (Lipinski definition) is 0. The molecule has 9 nitrogen and oxygen atoms in total. The van der Waals surface area contributed by atoms with Crippen molar-refractivity contribution >= 4 is 47.4 Å². The maximum absolute atomic E-state index is 13.5. The third kappa shape index (κ3) is 8.75. The standard InChI is InChI=1S/C22H30BF3N3O6.K/c1-20(2,3)33-17(30)28(18(31)34-21(4,5)6)16-14-11-10-13(23(24,25)26)12-15(14)29(27-16)19(32)35-22(7,8)9;/h10-12H,1-9H3;/q-1;+1. The summed E-state index contributed by atoms with van der Waals surface area (Å²) in [5, 5.41) is 3.90. The largest absolute Gasteiger partial charge is 1.00 e. The van der Waals surface area contributed by atoms with E-state index in [1.54, 1.807) is 62.3 Å². The molecule has 0 aliphatic rings. The number of carbonyl (C=O) groups excluding carboxylic acids is 3. The van der Waals surface area contributed by atoms with E-state index in [9.17, 15) is 27.3 Å². The molecule has 0 saturated heterocycles. The van der Waals surface area contributed by atoms with Crippen LogP contribution in [0.3, 0.4) is 0 Å². The Balaban J connectivity index is 0.00000648. The number of benzene rings is 1. The molecule has 0 atom stereocenters. The van der Waals surface area contributed by atoms with Crippen molar-refractivity contribution in [2.75, 3.05) is 4.90 Å². The molecule has 0 aliphatic heterocycles. The summed E-state index contributed by atoms with van der Waals surface area (Å²) in [6.07, 6.45) is -3.48. The summed E-state index contributed by atoms with van der Waals surface area (Å²) in [5.41, 5.74) is -4.39. The number of anilines is 1. The average Bonchev–Trinajstić information content (AvgIpc) is 2.95. The van der Waals surface area contributed by atoms with Gasteiger partial charge < -0.3 is 27.2 Å². The molecule has 194 valence electrons. The fraction of sp³-hybridized carbons (Fsp3) is 0.545. The van der Waals surface area contributed by atoms with Crippen LogP contribution in [0.25, 0.3) is 10.9 Å². The summed E-state index contributed by atoms with van der Waals surface area (Å²) >= 11 is 0. The number of ether oxygens (including phenoxy) is 3. The maximum atomic E-state index is 13.5. The number of rotatable bonds is 2. The quantitative estimate of drug-likeness (QED) is 0.427. The fourth-order valence-corrected chi connectivity index (χ4v) is 2.79. The SMILES string of the molecule is CC(C)(C)OC(=O)N(C(=O)OC(C)(C)C)c1nn(C(=O)OC(C)(C)C)c2cc([B-](F)(F)F)ccc12.[K+]. The summed E-state index contributed by atoms with van der Waals surface area (Å²) < 4.78 is 56.9. The predicted octanol–water partition coefficient (Wildman–Crippen LogP) is 2.55. The summed E-state index contributed by atoms with van der Waals surface area (Å²) in [4.78, 5) is 39.3. The normalized spacial score (nSPS) is 12.6. The Morgan fingerprint density at radius 3 is 1.67 bits per heavy atom. The average molecular weight is 539 g/mol. The zero-order valence-electron chi connectivity index (χ0n) is 22.2. The van der Waals surface area contributed by atoms with Gasteiger partial charge in [-0.1, -0.05) is 18.2 Å². The van der Waals surface area contributed by atoms with Crippen molar-refractivity contribution < 1.29 is 92.9 Å². The molecule has 0 spiro atoms. The molecule has 0 aliphatic carbocycles. The van der Waals surface area contributed by atoms with Crippen LogP contribution >= 0.6 is 0 Å². The van der Waals surface area contributed by atoms with E-state index >= 15 is 0 Å². The van der Waals surface area contributed by atoms with Gasteiger partial charge in [-0.3, -0.25) is 0 Å². The van der Waals surface area contributed by atoms with Gasteiger partial charge in [0.25, 0.3) is 0 Å². The van der Waals surface area contributed by atoms with Crippen LogP contribution in [-0.2, 0) is 14.2 Å². The van der Waals surface area contributed by atoms with E-state index in [0.717, 1.165) is 12.1 Å². The monoisotopic (exact) mass is 539 g/mol. The first-order valence-electron chi connectivity index (χ1n) is 10.8. The molecule has 0 fully saturated rings. The summed E-state index contributed by atoms with van der Waals surface area (Å²) in [7, 11) is 0. The first-order chi connectivity index (χ1) is 15.6. The van der Waals surface area contributed by atoms with Crippen molar-refractivity contribution in [1.82, 2.24) is 9.78 Å². The molecule has 2 rings (SSSR count). The van der Waals surface area contributed by atoms with Crippen molar-refractivity contribution in [3.8, 4) is 0 Å². The summed E-state index contributed by atoms with van der Waals surface area (Å²) in [6, 6.07) is 2.50. The Hall–Kier alpha value is -1.61. The van der Waals surface area contributed by atoms with Gasteiger partial charge in [0, 0.05) is 5.39 Å². The molecular formula is C22H30BF3KN3O6. The topological polar surface area (TPSA) is 100.0 Å². The number of aromatic nitrogens is 2. The number of nitrogens with zero attached hydrogens (tertiary/aromatic N) is 3. The van der Waals surface area contributed by atoms with Gasteiger partial charge in [0.05, 0.1) is 5.52 Å². The molecule has 14 heteroatoms. The van der Waals surface area contributed by atoms with Gasteiger partial charge in [-0.2, -0.15) is 9.58 Å². The Kier molecular flexibility index (Phi) is 9.92. The van der Waals surface area contributed by atoms with E-state index in [1.165, 1.54) is 0 Å². The van der Waals surface area contributed by atoms with Crippen LogP contribution < -0.4 is 61.7 Å². The van der Waals surface area contributed by atoms with Gasteiger partial charge in [0.2, 0.25) is 0 Å². The van der Waals surface area contributed by atoms with Crippen LogP contribution in [0.5, 0.6) is 0 Å². The first kappa shape index (κ1) is 32.4. The zero-order chi connectivity index (χ0) is 27.1. The van der Waals surface area contributed by atoms with Crippen molar-refractivity contribution in [1.29, 1.82) is 0 Å². The maximum Gasteiger partial charge on any atom is 1.00 e. The molecule has 1 aromatic carbocycles. The molecule has 0 radical (unpaired) electrons. The Morgan fingerprint density at radius 1 is 0.833 bits per heavy atom. The van der Waals surface area contributed by atoms with Crippen LogP contribution in [0, 0.1) is 0 Å². The Labute approximate surface area is 250 Å². The van der Waals surface area contributed by atoms with Gasteiger partial charge in [0.15, 0.2) is 5.82 Å². The number of amides is 2. The van der Waals surface area contributed by atoms with Gasteiger partial charge in [-0.15, -0.1) is 10.6 Å². The Morgan fingerprint density at radius 2 is 1.28 bits per heavy atom. The third-order valence-electron chi connectivity index (χ3n) is 3.99. The van der Waals surface area contributed by atoms with E-state index in [0.29, 0.717) is 15.6 Å². The van der Waals surface area contributed by atoms with E-state index in [2.05, 4.69) is 5.10 Å². The second-order valence-electron chi connectivity index (χ2n) is 10.9. The minimum Gasteiger partial charge on any atom is -0.445 e. The number of fused-ring (bicyclic) bond motifs is 1. The molecule has 1 aromatic heterocycles. The smallest absolute Gasteiger partial charge is 0.445 e. The van der Waals surface area contributed by atoms with Crippen LogP contribution in [0.2, 0.25) is 0 Å². The van der Waals surface area contributed by atoms with Gasteiger partial charge in [0.1, 0.15) is 16.8 Å². The second-order valence-corrected chi connectivity index (χ2v) is 10.9. The second kappa shape index (κ2) is 11.0. The third-order valence-corrected chi connectivity index (χ3v) is 3.99. The van der Waals surface area contributed by atoms with E-state index in [-0.39, 0.29) is 62.3 Å². The summed E-state index contributed by atoms with van der Waals surface area (Å²) in [6.45, 7) is 8.65. The van der Waals surface area contributed by atoms with Gasteiger partial charge in [-0.25, -0.2) is 14.4 Å². The van der Waals surface area contributed by atoms with E-state index in [4.69, 9.17) is 14.2 Å². The first-order valence-corrected chi connectivity index (χ1v) is 10.8. The molecular weight excluding hydrogens is 509 g/mol. The van der Waals surface area contributed by atoms with E-state index in [1.807, 2.05) is 0 Å². The van der Waals surface area contributed by atoms with Crippen LogP contribution in [0.15, 0.2) is 18.2 Å². The number of hydrogen-bond acceptors (Lipinski definition) is 7. The summed E-state index contributed by atoms with van der Waals surface area (Å²) in [5.74, 6) is -0.449.